The van der Waals surface area contributed by atoms with Crippen LogP contribution in [0.2, 0.25) is 118 Å². The van der Waals surface area contributed by atoms with E-state index in [0.29, 0.717) is 13.7 Å². The van der Waals surface area contributed by atoms with Crippen LogP contribution in [0, 0.1) is 0 Å². The van der Waals surface area contributed by atoms with Gasteiger partial charge >= 0.3 is 0 Å². The van der Waals surface area contributed by atoms with Crippen LogP contribution in [0.15, 0.2) is 21.1 Å². The minimum atomic E-state index is -1.43. The average molecular weight is 537 g/mol. The van der Waals surface area contributed by atoms with E-state index < -0.39 is 49.1 Å². The van der Waals surface area contributed by atoms with Crippen molar-refractivity contribution < 1.29 is 0 Å². The average Bonchev–Trinajstić information content (AvgIpc) is 3.23. The van der Waals surface area contributed by atoms with E-state index in [4.69, 9.17) is 0 Å². The standard InChI is InChI=1S/C22H54B2N2Si6/c1-27(2,3)21-19(23(21)25(29(7,8)9)30(10,11)12)20-22(28(4,5)6)24(20)26(31(13,14)15)32(16,17)18/h1-18H3. The molecule has 0 aliphatic carbocycles. The largest absolute Gasteiger partial charge is 0.380 e. The Balaban J connectivity index is 2.69. The highest BCUT2D eigenvalue weighted by atomic mass is 28.4. The van der Waals surface area contributed by atoms with Crippen LogP contribution in [0.3, 0.4) is 0 Å². The highest BCUT2D eigenvalue weighted by molar-refractivity contribution is 7.22. The second kappa shape index (κ2) is 8.18. The fourth-order valence-electron chi connectivity index (χ4n) is 6.71. The van der Waals surface area contributed by atoms with Crippen molar-refractivity contribution >= 4 is 62.8 Å². The molecule has 2 nitrogen and oxygen atoms in total. The molecular formula is C22H54B2N2Si6. The predicted molar refractivity (Wildman–Crippen MR) is 169 cm³/mol. The number of allylic oxidation sites excluding steroid dienone is 2. The summed E-state index contributed by atoms with van der Waals surface area (Å²) in [6, 6.07) is 0. The van der Waals surface area contributed by atoms with Crippen LogP contribution in [-0.4, -0.2) is 71.1 Å². The predicted octanol–water partition coefficient (Wildman–Crippen LogP) is 7.45. The Morgan fingerprint density at radius 1 is 0.375 bits per heavy atom. The molecule has 0 fully saturated rings. The molecule has 0 radical (unpaired) electrons. The zero-order chi connectivity index (χ0) is 25.6. The van der Waals surface area contributed by atoms with Crippen LogP contribution in [-0.2, 0) is 0 Å². The molecule has 0 atom stereocenters. The number of hydrogen-bond donors (Lipinski definition) is 0. The fraction of sp³-hybridized carbons (Fsp3) is 0.818. The van der Waals surface area contributed by atoms with Crippen molar-refractivity contribution in [2.45, 2.75) is 118 Å². The summed E-state index contributed by atoms with van der Waals surface area (Å²) in [4.78, 5) is 0. The lowest BCUT2D eigenvalue weighted by Crippen LogP contribution is -2.64. The van der Waals surface area contributed by atoms with Gasteiger partial charge in [-0.1, -0.05) is 139 Å². The molecule has 0 aromatic carbocycles. The molecule has 0 spiro atoms. The molecule has 0 unspecified atom stereocenters. The van der Waals surface area contributed by atoms with Gasteiger partial charge in [0.15, 0.2) is 0 Å². The smallest absolute Gasteiger partial charge is 0.268 e. The van der Waals surface area contributed by atoms with Crippen LogP contribution in [0.5, 0.6) is 0 Å². The molecule has 0 N–H and O–H groups in total. The summed E-state index contributed by atoms with van der Waals surface area (Å²) in [6.45, 7) is 48.1. The van der Waals surface area contributed by atoms with Crippen molar-refractivity contribution in [3.8, 4) is 0 Å². The summed E-state index contributed by atoms with van der Waals surface area (Å²) in [7, 11) is -8.44. The molecule has 2 aliphatic heterocycles. The molecule has 182 valence electrons. The summed E-state index contributed by atoms with van der Waals surface area (Å²) in [5, 5.41) is 3.84. The molecule has 2 rings (SSSR count). The van der Waals surface area contributed by atoms with Gasteiger partial charge < -0.3 is 8.28 Å². The van der Waals surface area contributed by atoms with Gasteiger partial charge in [0.05, 0.1) is 16.1 Å². The Kier molecular flexibility index (Phi) is 7.43. The Morgan fingerprint density at radius 3 is 0.688 bits per heavy atom. The molecule has 0 amide bonds. The quantitative estimate of drug-likeness (QED) is 0.283. The second-order valence-electron chi connectivity index (χ2n) is 16.4. The SMILES string of the molecule is C[Si](C)(C)C1=C(C2=C([Si](C)(C)C)B2N([Si](C)(C)C)[Si](C)(C)C)B1N([Si](C)(C)C)[Si](C)(C)C. The Labute approximate surface area is 209 Å². The van der Waals surface area contributed by atoms with Gasteiger partial charge in [0.2, 0.25) is 0 Å². The summed E-state index contributed by atoms with van der Waals surface area (Å²) in [5.74, 6) is 0. The lowest BCUT2D eigenvalue weighted by Gasteiger charge is -2.46. The van der Waals surface area contributed by atoms with Gasteiger partial charge in [-0.3, -0.25) is 0 Å². The number of rotatable bonds is 9. The van der Waals surface area contributed by atoms with Crippen molar-refractivity contribution in [1.29, 1.82) is 0 Å². The fourth-order valence-corrected chi connectivity index (χ4v) is 31.7. The molecule has 0 bridgehead atoms. The lowest BCUT2D eigenvalue weighted by molar-refractivity contribution is 0.945. The molecule has 32 heavy (non-hydrogen) atoms. The first-order valence-electron chi connectivity index (χ1n) is 12.8. The van der Waals surface area contributed by atoms with Gasteiger partial charge in [0, 0.05) is 0 Å². The van der Waals surface area contributed by atoms with Crippen molar-refractivity contribution in [2.75, 3.05) is 0 Å². The van der Waals surface area contributed by atoms with Crippen LogP contribution < -0.4 is 0 Å². The highest BCUT2D eigenvalue weighted by Crippen LogP contribution is 2.56. The van der Waals surface area contributed by atoms with Crippen LogP contribution in [0.4, 0.5) is 0 Å². The first kappa shape index (κ1) is 29.1. The monoisotopic (exact) mass is 536 g/mol. The van der Waals surface area contributed by atoms with Crippen LogP contribution in [0.1, 0.15) is 0 Å². The third-order valence-electron chi connectivity index (χ3n) is 6.82. The summed E-state index contributed by atoms with van der Waals surface area (Å²) < 4.78 is 6.25. The lowest BCUT2D eigenvalue weighted by atomic mass is 9.70. The van der Waals surface area contributed by atoms with Crippen molar-refractivity contribution in [2.24, 2.45) is 0 Å². The molecule has 0 aromatic rings. The maximum Gasteiger partial charge on any atom is 0.268 e. The van der Waals surface area contributed by atoms with Crippen molar-refractivity contribution in [1.82, 2.24) is 8.28 Å². The normalized spacial score (nSPS) is 19.1. The number of nitrogens with zero attached hydrogens (tertiary/aromatic N) is 2. The topological polar surface area (TPSA) is 6.48 Å². The van der Waals surface area contributed by atoms with E-state index in [0.717, 1.165) is 0 Å². The molecule has 0 saturated heterocycles. The minimum Gasteiger partial charge on any atom is -0.380 e. The Bertz CT molecular complexity index is 729. The van der Waals surface area contributed by atoms with Gasteiger partial charge in [-0.15, -0.1) is 0 Å². The zero-order valence-corrected chi connectivity index (χ0v) is 31.0. The van der Waals surface area contributed by atoms with E-state index in [-0.39, 0.29) is 0 Å². The van der Waals surface area contributed by atoms with Gasteiger partial charge in [-0.05, 0) is 0 Å². The van der Waals surface area contributed by atoms with Gasteiger partial charge in [-0.25, -0.2) is 0 Å². The summed E-state index contributed by atoms with van der Waals surface area (Å²) in [5.41, 5.74) is 3.72. The minimum absolute atomic E-state index is 0.677. The Hall–Kier alpha value is 0.831. The van der Waals surface area contributed by atoms with Crippen molar-refractivity contribution in [3.05, 3.63) is 21.1 Å². The van der Waals surface area contributed by atoms with E-state index in [9.17, 15) is 0 Å². The van der Waals surface area contributed by atoms with Gasteiger partial charge in [0.1, 0.15) is 32.9 Å². The molecule has 2 heterocycles. The number of hydrogen-bond acceptors (Lipinski definition) is 2. The molecule has 2 aliphatic rings. The van der Waals surface area contributed by atoms with E-state index in [1.807, 2.05) is 21.1 Å². The maximum absolute atomic E-state index is 3.13. The Morgan fingerprint density at radius 2 is 0.562 bits per heavy atom. The second-order valence-corrected chi connectivity index (χ2v) is 46.6. The maximum atomic E-state index is 3.13. The molecular weight excluding hydrogens is 482 g/mol. The summed E-state index contributed by atoms with van der Waals surface area (Å²) in [6.07, 6.45) is 0. The first-order chi connectivity index (χ1) is 13.7. The van der Waals surface area contributed by atoms with E-state index in [1.54, 1.807) is 0 Å². The van der Waals surface area contributed by atoms with E-state index >= 15 is 0 Å². The third kappa shape index (κ3) is 5.79. The molecule has 0 saturated carbocycles. The first-order valence-corrected chi connectivity index (χ1v) is 33.6. The van der Waals surface area contributed by atoms with Gasteiger partial charge in [-0.2, -0.15) is 0 Å². The zero-order valence-electron chi connectivity index (χ0n) is 25.0. The highest BCUT2D eigenvalue weighted by Gasteiger charge is 2.65. The van der Waals surface area contributed by atoms with Crippen molar-refractivity contribution in [3.63, 3.8) is 0 Å². The van der Waals surface area contributed by atoms with Gasteiger partial charge in [0.25, 0.3) is 13.7 Å². The van der Waals surface area contributed by atoms with Crippen LogP contribution >= 0.6 is 0 Å². The third-order valence-corrected chi connectivity index (χ3v) is 26.0. The molecule has 0 aromatic heterocycles. The van der Waals surface area contributed by atoms with Crippen LogP contribution in [0.25, 0.3) is 0 Å². The van der Waals surface area contributed by atoms with E-state index in [1.165, 1.54) is 0 Å². The molecule has 10 heteroatoms. The summed E-state index contributed by atoms with van der Waals surface area (Å²) >= 11 is 0. The van der Waals surface area contributed by atoms with E-state index in [2.05, 4.69) is 126 Å².